The fourth-order valence-electron chi connectivity index (χ4n) is 1.83. The lowest BCUT2D eigenvalue weighted by Gasteiger charge is -2.19. The van der Waals surface area contributed by atoms with Crippen LogP contribution >= 0.6 is 0 Å². The Balaban J connectivity index is 2.61. The van der Waals surface area contributed by atoms with Crippen molar-refractivity contribution in [1.29, 1.82) is 0 Å². The molecular formula is C12H16N2O4S. The Morgan fingerprint density at radius 2 is 1.79 bits per heavy atom. The van der Waals surface area contributed by atoms with Gasteiger partial charge in [-0.1, -0.05) is 0 Å². The van der Waals surface area contributed by atoms with Gasteiger partial charge in [0, 0.05) is 18.4 Å². The molecule has 0 aromatic heterocycles. The molecule has 1 atom stereocenters. The number of urea groups is 1. The summed E-state index contributed by atoms with van der Waals surface area (Å²) in [5.74, 6) is 1.02. The van der Waals surface area contributed by atoms with Gasteiger partial charge in [-0.2, -0.15) is 0 Å². The van der Waals surface area contributed by atoms with E-state index in [1.54, 1.807) is 12.1 Å². The minimum absolute atomic E-state index is 0.457. The quantitative estimate of drug-likeness (QED) is 0.921. The van der Waals surface area contributed by atoms with Crippen LogP contribution in [0.4, 0.5) is 10.5 Å². The third-order valence-electron chi connectivity index (χ3n) is 2.55. The second-order valence-electron chi connectivity index (χ2n) is 3.99. The van der Waals surface area contributed by atoms with Crippen LogP contribution in [0.25, 0.3) is 0 Å². The number of amides is 2. The van der Waals surface area contributed by atoms with Gasteiger partial charge in [0.2, 0.25) is 0 Å². The lowest BCUT2D eigenvalue weighted by Crippen LogP contribution is -2.18. The van der Waals surface area contributed by atoms with Gasteiger partial charge in [0.1, 0.15) is 0 Å². The summed E-state index contributed by atoms with van der Waals surface area (Å²) in [5, 5.41) is 2.56. The average Bonchev–Trinajstić information content (AvgIpc) is 2.30. The fraction of sp³-hybridized carbons (Fsp3) is 0.417. The van der Waals surface area contributed by atoms with Crippen molar-refractivity contribution in [2.45, 2.75) is 18.7 Å². The molecule has 0 bridgehead atoms. The van der Waals surface area contributed by atoms with Gasteiger partial charge < -0.3 is 14.8 Å². The molecule has 0 saturated carbocycles. The third kappa shape index (κ3) is 2.65. The first kappa shape index (κ1) is 13.7. The van der Waals surface area contributed by atoms with E-state index in [1.165, 1.54) is 6.26 Å². The van der Waals surface area contributed by atoms with Crippen LogP contribution in [0.2, 0.25) is 0 Å². The molecule has 1 heterocycles. The lowest BCUT2D eigenvalue weighted by atomic mass is 10.2. The van der Waals surface area contributed by atoms with E-state index in [2.05, 4.69) is 9.68 Å². The van der Waals surface area contributed by atoms with Crippen molar-refractivity contribution in [2.24, 2.45) is 4.36 Å². The van der Waals surface area contributed by atoms with Crippen molar-refractivity contribution in [2.75, 3.05) is 24.8 Å². The molecule has 0 fully saturated rings. The minimum atomic E-state index is -2.74. The second kappa shape index (κ2) is 5.08. The third-order valence-corrected chi connectivity index (χ3v) is 4.22. The van der Waals surface area contributed by atoms with Crippen molar-refractivity contribution in [1.82, 2.24) is 0 Å². The largest absolute Gasteiger partial charge is 0.490 e. The van der Waals surface area contributed by atoms with Crippen LogP contribution < -0.4 is 14.8 Å². The van der Waals surface area contributed by atoms with E-state index in [4.69, 9.17) is 9.47 Å². The molecule has 1 unspecified atom stereocenters. The lowest BCUT2D eigenvalue weighted by molar-refractivity contribution is 0.259. The predicted molar refractivity (Wildman–Crippen MR) is 72.6 cm³/mol. The number of nitrogens with one attached hydrogen (secondary N) is 1. The Bertz CT molecular complexity index is 633. The molecule has 6 nitrogen and oxygen atoms in total. The van der Waals surface area contributed by atoms with Crippen LogP contribution in [0.15, 0.2) is 21.4 Å². The molecule has 1 aromatic rings. The van der Waals surface area contributed by atoms with E-state index in [9.17, 15) is 9.00 Å². The molecule has 1 aliphatic rings. The summed E-state index contributed by atoms with van der Waals surface area (Å²) in [5.41, 5.74) is 0.458. The van der Waals surface area contributed by atoms with E-state index in [-0.39, 0.29) is 0 Å². The van der Waals surface area contributed by atoms with Crippen molar-refractivity contribution in [3.63, 3.8) is 0 Å². The molecule has 1 N–H and O–H groups in total. The maximum absolute atomic E-state index is 12.3. The number of carbonyl (C=O) groups excluding carboxylic acids is 1. The highest BCUT2D eigenvalue weighted by atomic mass is 32.2. The summed E-state index contributed by atoms with van der Waals surface area (Å²) < 4.78 is 26.9. The smallest absolute Gasteiger partial charge is 0.353 e. The molecular weight excluding hydrogens is 268 g/mol. The zero-order chi connectivity index (χ0) is 14.0. The Morgan fingerprint density at radius 3 is 2.37 bits per heavy atom. The zero-order valence-corrected chi connectivity index (χ0v) is 11.9. The second-order valence-corrected chi connectivity index (χ2v) is 6.21. The number of benzene rings is 1. The number of fused-ring (bicyclic) bond motifs is 1. The highest BCUT2D eigenvalue weighted by Gasteiger charge is 2.24. The van der Waals surface area contributed by atoms with E-state index in [0.29, 0.717) is 35.3 Å². The average molecular weight is 284 g/mol. The summed E-state index contributed by atoms with van der Waals surface area (Å²) in [6, 6.07) is 2.64. The number of nitrogens with zero attached hydrogens (tertiary/aromatic N) is 1. The summed E-state index contributed by atoms with van der Waals surface area (Å²) >= 11 is 0. The van der Waals surface area contributed by atoms with Crippen molar-refractivity contribution in [3.8, 4) is 11.5 Å². The SMILES string of the molecule is CCOc1cc2c(cc1OCC)S(C)(=O)=NC(=O)N2. The van der Waals surface area contributed by atoms with Gasteiger partial charge in [0.15, 0.2) is 11.5 Å². The van der Waals surface area contributed by atoms with Gasteiger partial charge in [-0.3, -0.25) is 0 Å². The summed E-state index contributed by atoms with van der Waals surface area (Å²) in [6.07, 6.45) is 1.43. The molecule has 7 heteroatoms. The number of carbonyl (C=O) groups is 1. The molecule has 0 aliphatic carbocycles. The first-order chi connectivity index (χ1) is 8.97. The van der Waals surface area contributed by atoms with Crippen LogP contribution in [0.5, 0.6) is 11.5 Å². The molecule has 0 saturated heterocycles. The molecule has 0 radical (unpaired) electrons. The van der Waals surface area contributed by atoms with Gasteiger partial charge in [-0.05, 0) is 13.8 Å². The van der Waals surface area contributed by atoms with Gasteiger partial charge in [-0.25, -0.2) is 9.00 Å². The summed E-state index contributed by atoms with van der Waals surface area (Å²) in [4.78, 5) is 11.8. The first-order valence-corrected chi connectivity index (χ1v) is 7.87. The molecule has 1 aromatic carbocycles. The minimum Gasteiger partial charge on any atom is -0.490 e. The van der Waals surface area contributed by atoms with Crippen LogP contribution in [0, 0.1) is 0 Å². The van der Waals surface area contributed by atoms with Gasteiger partial charge in [-0.15, -0.1) is 4.36 Å². The van der Waals surface area contributed by atoms with E-state index in [1.807, 2.05) is 13.8 Å². The van der Waals surface area contributed by atoms with Crippen LogP contribution in [0.1, 0.15) is 13.8 Å². The first-order valence-electron chi connectivity index (χ1n) is 5.94. The molecule has 104 valence electrons. The van der Waals surface area contributed by atoms with Crippen molar-refractivity contribution in [3.05, 3.63) is 12.1 Å². The molecule has 19 heavy (non-hydrogen) atoms. The monoisotopic (exact) mass is 284 g/mol. The van der Waals surface area contributed by atoms with E-state index < -0.39 is 15.8 Å². The van der Waals surface area contributed by atoms with Crippen molar-refractivity contribution >= 4 is 21.4 Å². The number of rotatable bonds is 4. The van der Waals surface area contributed by atoms with Crippen LogP contribution in [-0.2, 0) is 9.73 Å². The van der Waals surface area contributed by atoms with Gasteiger partial charge >= 0.3 is 6.03 Å². The highest BCUT2D eigenvalue weighted by Crippen LogP contribution is 2.38. The standard InChI is InChI=1S/C12H16N2O4S/c1-4-17-9-6-8-11(7-10(9)18-5-2)19(3,16)14-12(15)13-8/h6-7H,4-5H2,1-3H3,(H,13,14,15,16). The normalized spacial score (nSPS) is 21.1. The Kier molecular flexibility index (Phi) is 3.66. The summed E-state index contributed by atoms with van der Waals surface area (Å²) in [7, 11) is -2.74. The van der Waals surface area contributed by atoms with Crippen LogP contribution in [0.3, 0.4) is 0 Å². The fourth-order valence-corrected chi connectivity index (χ4v) is 3.14. The predicted octanol–water partition coefficient (Wildman–Crippen LogP) is 2.49. The number of anilines is 1. The van der Waals surface area contributed by atoms with E-state index >= 15 is 0 Å². The Labute approximate surface area is 112 Å². The molecule has 2 rings (SSSR count). The highest BCUT2D eigenvalue weighted by molar-refractivity contribution is 7.93. The van der Waals surface area contributed by atoms with E-state index in [0.717, 1.165) is 0 Å². The molecule has 1 aliphatic heterocycles. The molecule has 2 amide bonds. The Morgan fingerprint density at radius 1 is 1.21 bits per heavy atom. The maximum Gasteiger partial charge on any atom is 0.353 e. The number of ether oxygens (including phenoxy) is 2. The topological polar surface area (TPSA) is 77.0 Å². The number of hydrogen-bond donors (Lipinski definition) is 1. The van der Waals surface area contributed by atoms with Crippen molar-refractivity contribution < 1.29 is 18.5 Å². The van der Waals surface area contributed by atoms with Gasteiger partial charge in [0.05, 0.1) is 33.5 Å². The zero-order valence-electron chi connectivity index (χ0n) is 11.1. The molecule has 0 spiro atoms. The number of hydrogen-bond acceptors (Lipinski definition) is 4. The maximum atomic E-state index is 12.3. The van der Waals surface area contributed by atoms with Gasteiger partial charge in [0.25, 0.3) is 0 Å². The Hall–Kier alpha value is -1.76. The van der Waals surface area contributed by atoms with Crippen LogP contribution in [-0.4, -0.2) is 29.7 Å². The summed E-state index contributed by atoms with van der Waals surface area (Å²) in [6.45, 7) is 4.64.